The molecule has 6 nitrogen and oxygen atoms in total. The molecule has 0 unspecified atom stereocenters. The van der Waals surface area contributed by atoms with Crippen LogP contribution in [0.5, 0.6) is 0 Å². The van der Waals surface area contributed by atoms with Crippen LogP contribution in [0.25, 0.3) is 0 Å². The molecule has 0 aliphatic rings. The van der Waals surface area contributed by atoms with Gasteiger partial charge in [-0.3, -0.25) is 9.78 Å². The van der Waals surface area contributed by atoms with Gasteiger partial charge in [-0.05, 0) is 42.8 Å². The first-order chi connectivity index (χ1) is 24.3. The molecule has 0 atom stereocenters. The Morgan fingerprint density at radius 1 is 0.520 bits per heavy atom. The summed E-state index contributed by atoms with van der Waals surface area (Å²) in [5.41, 5.74) is 8.59. The third-order valence-corrected chi connectivity index (χ3v) is 17.8. The largest absolute Gasteiger partial charge is 0.373 e. The molecule has 2 aromatic rings. The van der Waals surface area contributed by atoms with Crippen molar-refractivity contribution < 1.29 is 29.1 Å². The fourth-order valence-corrected chi connectivity index (χ4v) is 10.9. The van der Waals surface area contributed by atoms with Gasteiger partial charge < -0.3 is 0 Å². The molecule has 0 spiro atoms. The van der Waals surface area contributed by atoms with E-state index in [0.717, 1.165) is 54.6 Å². The van der Waals surface area contributed by atoms with E-state index in [0.29, 0.717) is 17.5 Å². The summed E-state index contributed by atoms with van der Waals surface area (Å²) >= 11 is 0. The molecular weight excluding hydrogens is 657 g/mol. The Labute approximate surface area is 304 Å². The van der Waals surface area contributed by atoms with Crippen molar-refractivity contribution in [3.05, 3.63) is 122 Å². The number of unbranched alkanes of at least 4 members (excludes halogenated alkanes) is 12. The van der Waals surface area contributed by atoms with E-state index in [-0.39, 0.29) is 6.29 Å². The fraction of sp³-hybridized carbons (Fsp3) is 0.429. The van der Waals surface area contributed by atoms with Crippen molar-refractivity contribution in [2.45, 2.75) is 116 Å². The van der Waals surface area contributed by atoms with Gasteiger partial charge in [-0.2, -0.15) is 0 Å². The van der Waals surface area contributed by atoms with Gasteiger partial charge >= 0.3 is 18.2 Å². The average Bonchev–Trinajstić information content (AvgIpc) is 3.16. The maximum Gasteiger partial charge on any atom is 0.373 e. The average molecular weight is 717 g/mol. The summed E-state index contributed by atoms with van der Waals surface area (Å²) in [5.74, 6) is -1.37. The maximum absolute atomic E-state index is 12.9. The summed E-state index contributed by atoms with van der Waals surface area (Å²) in [4.78, 5) is 46.8. The number of carbonyl (C=O) groups is 2. The fourth-order valence-electron chi connectivity index (χ4n) is 6.03. The van der Waals surface area contributed by atoms with Gasteiger partial charge in [0.1, 0.15) is 16.1 Å². The molecule has 272 valence electrons. The van der Waals surface area contributed by atoms with E-state index < -0.39 is 28.1 Å². The highest BCUT2D eigenvalue weighted by Crippen LogP contribution is 2.21. The van der Waals surface area contributed by atoms with Crippen LogP contribution in [-0.2, 0) is 19.6 Å². The SMILES string of the molecule is [CH2]CCCCCCCCCCCCCC[C](OOC(=O)c1ccc([Si](C=C)(C=C)CC)cc1)OOC(=O)c1ccc([Si](C=C)(C=C)CC)cc1. The Balaban J connectivity index is 1.95. The Morgan fingerprint density at radius 2 is 0.840 bits per heavy atom. The van der Waals surface area contributed by atoms with Crippen LogP contribution in [0.15, 0.2) is 97.6 Å². The van der Waals surface area contributed by atoms with E-state index in [2.05, 4.69) is 47.1 Å². The predicted octanol–water partition coefficient (Wildman–Crippen LogP) is 10.6. The van der Waals surface area contributed by atoms with Crippen molar-refractivity contribution >= 4 is 38.5 Å². The van der Waals surface area contributed by atoms with Crippen LogP contribution < -0.4 is 10.4 Å². The van der Waals surface area contributed by atoms with E-state index in [1.165, 1.54) is 51.4 Å². The number of hydrogen-bond acceptors (Lipinski definition) is 6. The van der Waals surface area contributed by atoms with Gasteiger partial charge in [0.15, 0.2) is 0 Å². The van der Waals surface area contributed by atoms with Gasteiger partial charge in [-0.25, -0.2) is 9.59 Å². The first-order valence-electron chi connectivity index (χ1n) is 18.5. The Hall–Kier alpha value is -3.31. The minimum atomic E-state index is -2.03. The standard InChI is InChI=1S/C42H60O6Si2/c1-8-15-16-17-18-19-20-21-22-23-24-25-26-27-40(45-47-41(43)36-28-32-38(33-29-36)49(9-2,10-3)11-4)46-48-42(44)37-30-34-39(35-31-37)50(12-5,13-6)14-7/h9-10,12-13,28-35H,1-3,5-6,8,11,14-27H2,4,7H3. The highest BCUT2D eigenvalue weighted by atomic mass is 28.3. The highest BCUT2D eigenvalue weighted by Gasteiger charge is 2.28. The second-order valence-electron chi connectivity index (χ2n) is 12.9. The molecule has 0 saturated carbocycles. The van der Waals surface area contributed by atoms with Crippen LogP contribution in [0.3, 0.4) is 0 Å². The van der Waals surface area contributed by atoms with Gasteiger partial charge in [0.25, 0.3) is 0 Å². The zero-order valence-electron chi connectivity index (χ0n) is 30.7. The lowest BCUT2D eigenvalue weighted by Gasteiger charge is -2.23. The van der Waals surface area contributed by atoms with Crippen molar-refractivity contribution in [2.75, 3.05) is 0 Å². The van der Waals surface area contributed by atoms with E-state index in [1.807, 2.05) is 47.1 Å². The van der Waals surface area contributed by atoms with Crippen molar-refractivity contribution in [3.63, 3.8) is 0 Å². The third kappa shape index (κ3) is 13.4. The van der Waals surface area contributed by atoms with Crippen molar-refractivity contribution in [2.24, 2.45) is 0 Å². The first-order valence-corrected chi connectivity index (χ1v) is 23.2. The third-order valence-electron chi connectivity index (χ3n) is 9.74. The highest BCUT2D eigenvalue weighted by molar-refractivity contribution is 7.00. The van der Waals surface area contributed by atoms with Crippen LogP contribution in [0.2, 0.25) is 12.1 Å². The molecule has 50 heavy (non-hydrogen) atoms. The van der Waals surface area contributed by atoms with Crippen LogP contribution in [-0.4, -0.2) is 28.1 Å². The summed E-state index contributed by atoms with van der Waals surface area (Å²) in [6.45, 7) is 24.2. The molecule has 0 saturated heterocycles. The van der Waals surface area contributed by atoms with Crippen LogP contribution in [0, 0.1) is 13.2 Å². The van der Waals surface area contributed by atoms with Gasteiger partial charge in [0.2, 0.25) is 0 Å². The molecule has 2 rings (SSSR count). The predicted molar refractivity (Wildman–Crippen MR) is 212 cm³/mol. The Bertz CT molecular complexity index is 1220. The van der Waals surface area contributed by atoms with E-state index in [4.69, 9.17) is 19.6 Å². The zero-order chi connectivity index (χ0) is 36.7. The summed E-state index contributed by atoms with van der Waals surface area (Å²) in [6.07, 6.45) is 15.4. The summed E-state index contributed by atoms with van der Waals surface area (Å²) in [7, 11) is -4.06. The van der Waals surface area contributed by atoms with Crippen LogP contribution >= 0.6 is 0 Å². The molecule has 0 aromatic heterocycles. The van der Waals surface area contributed by atoms with E-state index in [1.54, 1.807) is 24.3 Å². The molecule has 0 fully saturated rings. The maximum atomic E-state index is 12.9. The lowest BCUT2D eigenvalue weighted by Crippen LogP contribution is -2.43. The Kier molecular flexibility index (Phi) is 20.6. The quantitative estimate of drug-likeness (QED) is 0.0378. The normalized spacial score (nSPS) is 11.6. The molecule has 2 radical (unpaired) electrons. The van der Waals surface area contributed by atoms with E-state index in [9.17, 15) is 9.59 Å². The molecule has 2 aromatic carbocycles. The number of carbonyl (C=O) groups excluding carboxylic acids is 2. The number of rotatable bonds is 28. The second-order valence-corrected chi connectivity index (χ2v) is 21.2. The minimum absolute atomic E-state index is 0.0924. The topological polar surface area (TPSA) is 71.1 Å². The number of benzene rings is 2. The second kappa shape index (κ2) is 24.0. The van der Waals surface area contributed by atoms with Crippen molar-refractivity contribution in [1.29, 1.82) is 0 Å². The monoisotopic (exact) mass is 716 g/mol. The molecule has 8 heteroatoms. The summed E-state index contributed by atoms with van der Waals surface area (Å²) in [5, 5.41) is 2.21. The van der Waals surface area contributed by atoms with Gasteiger partial charge in [-0.1, -0.05) is 155 Å². The minimum Gasteiger partial charge on any atom is -0.289 e. The lowest BCUT2D eigenvalue weighted by molar-refractivity contribution is -0.363. The van der Waals surface area contributed by atoms with Gasteiger partial charge in [-0.15, -0.1) is 36.1 Å². The molecule has 0 heterocycles. The first kappa shape index (κ1) is 42.9. The zero-order valence-corrected chi connectivity index (χ0v) is 32.7. The number of hydrogen-bond donors (Lipinski definition) is 0. The smallest absolute Gasteiger partial charge is 0.289 e. The summed E-state index contributed by atoms with van der Waals surface area (Å²) in [6, 6.07) is 16.3. The van der Waals surface area contributed by atoms with Crippen LogP contribution in [0.1, 0.15) is 124 Å². The molecule has 0 aliphatic heterocycles. The molecule has 0 bridgehead atoms. The molecular formula is C42H60O6Si2. The summed E-state index contributed by atoms with van der Waals surface area (Å²) < 4.78 is 0. The van der Waals surface area contributed by atoms with Crippen LogP contribution in [0.4, 0.5) is 0 Å². The molecule has 0 N–H and O–H groups in total. The van der Waals surface area contributed by atoms with Gasteiger partial charge in [0.05, 0.1) is 11.1 Å². The van der Waals surface area contributed by atoms with Crippen molar-refractivity contribution in [1.82, 2.24) is 0 Å². The van der Waals surface area contributed by atoms with Gasteiger partial charge in [0, 0.05) is 6.42 Å². The van der Waals surface area contributed by atoms with E-state index >= 15 is 0 Å². The Morgan fingerprint density at radius 3 is 1.14 bits per heavy atom. The lowest BCUT2D eigenvalue weighted by atomic mass is 10.0. The van der Waals surface area contributed by atoms with Crippen molar-refractivity contribution in [3.8, 4) is 0 Å². The molecule has 0 aliphatic carbocycles. The molecule has 0 amide bonds.